The fourth-order valence-electron chi connectivity index (χ4n) is 1.16. The van der Waals surface area contributed by atoms with Gasteiger partial charge in [-0.05, 0) is 18.9 Å². The van der Waals surface area contributed by atoms with Crippen molar-refractivity contribution >= 4 is 12.4 Å². The highest BCUT2D eigenvalue weighted by molar-refractivity contribution is 5.55. The second-order valence-electron chi connectivity index (χ2n) is 4.38. The highest BCUT2D eigenvalue weighted by atomic mass is 15.3. The first-order chi connectivity index (χ1) is 6.95. The maximum Gasteiger partial charge on any atom is 0.0592 e. The zero-order chi connectivity index (χ0) is 11.5. The molecule has 0 aliphatic rings. The normalized spacial score (nSPS) is 12.6. The third-order valence-electron chi connectivity index (χ3n) is 2.04. The van der Waals surface area contributed by atoms with Crippen molar-refractivity contribution in [1.82, 2.24) is 9.78 Å². The molecule has 0 unspecified atom stereocenters. The summed E-state index contributed by atoms with van der Waals surface area (Å²) in [5.41, 5.74) is 1.66. The van der Waals surface area contributed by atoms with Gasteiger partial charge in [-0.25, -0.2) is 4.68 Å². The molecule has 0 bridgehead atoms. The van der Waals surface area contributed by atoms with Crippen LogP contribution in [0.25, 0.3) is 5.70 Å². The second-order valence-corrected chi connectivity index (χ2v) is 4.38. The van der Waals surface area contributed by atoms with Gasteiger partial charge in [0, 0.05) is 23.5 Å². The van der Waals surface area contributed by atoms with Crippen LogP contribution < -0.4 is 0 Å². The van der Waals surface area contributed by atoms with E-state index >= 15 is 0 Å². The first-order valence-corrected chi connectivity index (χ1v) is 4.83. The monoisotopic (exact) mass is 203 g/mol. The van der Waals surface area contributed by atoms with Crippen molar-refractivity contribution in [2.45, 2.75) is 20.8 Å². The van der Waals surface area contributed by atoms with Gasteiger partial charge in [0.05, 0.1) is 5.70 Å². The van der Waals surface area contributed by atoms with E-state index in [0.29, 0.717) is 0 Å². The van der Waals surface area contributed by atoms with Crippen molar-refractivity contribution in [3.63, 3.8) is 0 Å². The highest BCUT2D eigenvalue weighted by Gasteiger charge is 2.15. The number of hydrogen-bond donors (Lipinski definition) is 0. The standard InChI is InChI=1S/C12H17N3/c1-10(15-8-6-7-14-15)9-11(13-5)12(2,3)4/h6-9H,1,5H2,2-4H3/b11-9-. The maximum atomic E-state index is 4.10. The number of rotatable bonds is 3. The molecule has 0 atom stereocenters. The zero-order valence-electron chi connectivity index (χ0n) is 9.57. The second kappa shape index (κ2) is 4.26. The van der Waals surface area contributed by atoms with Gasteiger partial charge in [0.2, 0.25) is 0 Å². The largest absolute Gasteiger partial charge is 0.268 e. The molecular formula is C12H17N3. The van der Waals surface area contributed by atoms with E-state index in [1.165, 1.54) is 0 Å². The van der Waals surface area contributed by atoms with Gasteiger partial charge in [-0.1, -0.05) is 27.4 Å². The lowest BCUT2D eigenvalue weighted by Gasteiger charge is -2.19. The summed E-state index contributed by atoms with van der Waals surface area (Å²) < 4.78 is 1.71. The summed E-state index contributed by atoms with van der Waals surface area (Å²) >= 11 is 0. The Balaban J connectivity index is 2.96. The number of nitrogens with zero attached hydrogens (tertiary/aromatic N) is 3. The highest BCUT2D eigenvalue weighted by Crippen LogP contribution is 2.27. The maximum absolute atomic E-state index is 4.10. The first-order valence-electron chi connectivity index (χ1n) is 4.83. The molecule has 80 valence electrons. The SMILES string of the molecule is C=N/C(=C\C(=C)n1cccn1)C(C)(C)C. The molecule has 15 heavy (non-hydrogen) atoms. The zero-order valence-corrected chi connectivity index (χ0v) is 9.57. The van der Waals surface area contributed by atoms with Crippen LogP contribution in [0.1, 0.15) is 20.8 Å². The average molecular weight is 203 g/mol. The van der Waals surface area contributed by atoms with E-state index < -0.39 is 0 Å². The minimum atomic E-state index is -0.0299. The van der Waals surface area contributed by atoms with E-state index in [0.717, 1.165) is 11.4 Å². The minimum Gasteiger partial charge on any atom is -0.268 e. The Labute approximate surface area is 90.8 Å². The molecule has 1 aromatic heterocycles. The first kappa shape index (κ1) is 11.4. The molecular weight excluding hydrogens is 186 g/mol. The lowest BCUT2D eigenvalue weighted by molar-refractivity contribution is 0.499. The van der Waals surface area contributed by atoms with E-state index in [4.69, 9.17) is 0 Å². The lowest BCUT2D eigenvalue weighted by atomic mass is 9.91. The van der Waals surface area contributed by atoms with Gasteiger partial charge in [-0.3, -0.25) is 4.99 Å². The van der Waals surface area contributed by atoms with Crippen LogP contribution in [-0.2, 0) is 0 Å². The molecule has 1 aromatic rings. The molecule has 1 heterocycles. The van der Waals surface area contributed by atoms with Crippen LogP contribution in [0, 0.1) is 5.41 Å². The van der Waals surface area contributed by atoms with Gasteiger partial charge in [0.1, 0.15) is 0 Å². The molecule has 0 spiro atoms. The van der Waals surface area contributed by atoms with Crippen molar-refractivity contribution in [3.05, 3.63) is 36.8 Å². The van der Waals surface area contributed by atoms with Gasteiger partial charge in [-0.15, -0.1) is 0 Å². The molecule has 0 saturated heterocycles. The molecule has 0 aliphatic carbocycles. The Morgan fingerprint density at radius 2 is 2.13 bits per heavy atom. The van der Waals surface area contributed by atoms with Gasteiger partial charge >= 0.3 is 0 Å². The summed E-state index contributed by atoms with van der Waals surface area (Å²) in [7, 11) is 0. The smallest absolute Gasteiger partial charge is 0.0592 e. The molecule has 0 aromatic carbocycles. The van der Waals surface area contributed by atoms with E-state index in [-0.39, 0.29) is 5.41 Å². The van der Waals surface area contributed by atoms with Crippen LogP contribution in [0.2, 0.25) is 0 Å². The summed E-state index contributed by atoms with van der Waals surface area (Å²) in [6, 6.07) is 1.86. The fourth-order valence-corrected chi connectivity index (χ4v) is 1.16. The summed E-state index contributed by atoms with van der Waals surface area (Å²) in [5.74, 6) is 0. The average Bonchev–Trinajstić information content (AvgIpc) is 2.64. The molecule has 0 saturated carbocycles. The summed E-state index contributed by atoms with van der Waals surface area (Å²) in [5, 5.41) is 4.10. The van der Waals surface area contributed by atoms with Gasteiger partial charge < -0.3 is 0 Å². The van der Waals surface area contributed by atoms with E-state index in [1.54, 1.807) is 10.9 Å². The third kappa shape index (κ3) is 2.91. The van der Waals surface area contributed by atoms with E-state index in [1.807, 2.05) is 18.3 Å². The van der Waals surface area contributed by atoms with Crippen LogP contribution >= 0.6 is 0 Å². The molecule has 3 nitrogen and oxygen atoms in total. The predicted octanol–water partition coefficient (Wildman–Crippen LogP) is 2.98. The van der Waals surface area contributed by atoms with Gasteiger partial charge in [0.25, 0.3) is 0 Å². The van der Waals surface area contributed by atoms with E-state index in [9.17, 15) is 0 Å². The molecule has 0 N–H and O–H groups in total. The molecule has 3 heteroatoms. The van der Waals surface area contributed by atoms with E-state index in [2.05, 4.69) is 44.2 Å². The number of allylic oxidation sites excluding steroid dienone is 3. The van der Waals surface area contributed by atoms with Crippen LogP contribution in [0.15, 0.2) is 41.8 Å². The summed E-state index contributed by atoms with van der Waals surface area (Å²) in [6.45, 7) is 13.8. The molecule has 0 aliphatic heterocycles. The van der Waals surface area contributed by atoms with Gasteiger partial charge in [-0.2, -0.15) is 5.10 Å². The van der Waals surface area contributed by atoms with Gasteiger partial charge in [0.15, 0.2) is 0 Å². The van der Waals surface area contributed by atoms with Crippen molar-refractivity contribution < 1.29 is 0 Å². The molecule has 0 radical (unpaired) electrons. The van der Waals surface area contributed by atoms with Crippen molar-refractivity contribution in [2.24, 2.45) is 10.4 Å². The quantitative estimate of drug-likeness (QED) is 0.548. The fraction of sp³-hybridized carbons (Fsp3) is 0.333. The Bertz CT molecular complexity index is 377. The summed E-state index contributed by atoms with van der Waals surface area (Å²) in [6.07, 6.45) is 5.47. The van der Waals surface area contributed by atoms with Crippen LogP contribution in [0.3, 0.4) is 0 Å². The lowest BCUT2D eigenvalue weighted by Crippen LogP contribution is -2.08. The number of aliphatic imine (C=N–C) groups is 1. The minimum absolute atomic E-state index is 0.0299. The molecule has 0 amide bonds. The van der Waals surface area contributed by atoms with Crippen molar-refractivity contribution in [3.8, 4) is 0 Å². The van der Waals surface area contributed by atoms with Crippen LogP contribution in [-0.4, -0.2) is 16.5 Å². The van der Waals surface area contributed by atoms with Crippen LogP contribution in [0.4, 0.5) is 0 Å². The van der Waals surface area contributed by atoms with Crippen molar-refractivity contribution in [1.29, 1.82) is 0 Å². The molecule has 1 rings (SSSR count). The van der Waals surface area contributed by atoms with Crippen LogP contribution in [0.5, 0.6) is 0 Å². The molecule has 0 fully saturated rings. The Hall–Kier alpha value is -1.64. The Morgan fingerprint density at radius 3 is 2.53 bits per heavy atom. The summed E-state index contributed by atoms with van der Waals surface area (Å²) in [4.78, 5) is 4.02. The Kier molecular flexibility index (Phi) is 3.24. The van der Waals surface area contributed by atoms with Crippen molar-refractivity contribution in [2.75, 3.05) is 0 Å². The Morgan fingerprint density at radius 1 is 1.47 bits per heavy atom. The number of aromatic nitrogens is 2. The topological polar surface area (TPSA) is 30.2 Å². The third-order valence-corrected chi connectivity index (χ3v) is 2.04. The predicted molar refractivity (Wildman–Crippen MR) is 64.6 cm³/mol. The number of hydrogen-bond acceptors (Lipinski definition) is 2.